The number of Topliss-reactive ketones (excluding diaryl/α,β-unsaturated/α-hetero) is 1. The molecule has 0 bridgehead atoms. The van der Waals surface area contributed by atoms with Crippen LogP contribution in [-0.4, -0.2) is 14.2 Å². The van der Waals surface area contributed by atoms with E-state index in [1.165, 1.54) is 37.3 Å². The van der Waals surface area contributed by atoms with Crippen molar-refractivity contribution < 1.29 is 13.2 Å². The van der Waals surface area contributed by atoms with Gasteiger partial charge in [-0.25, -0.2) is 8.42 Å². The number of nitrogen functional groups attached to an aromatic ring is 1. The summed E-state index contributed by atoms with van der Waals surface area (Å²) in [6, 6.07) is 10.2. The van der Waals surface area contributed by atoms with Crippen molar-refractivity contribution in [3.63, 3.8) is 0 Å². The van der Waals surface area contributed by atoms with Crippen LogP contribution in [0.3, 0.4) is 0 Å². The Balaban J connectivity index is 2.28. The SMILES string of the molecule is CC(=O)c1ccc(NS(=O)(=O)c2ccc(Cl)c(N)c2)cc1. The second kappa shape index (κ2) is 5.75. The fraction of sp³-hybridized carbons (Fsp3) is 0.0714. The highest BCUT2D eigenvalue weighted by molar-refractivity contribution is 7.92. The van der Waals surface area contributed by atoms with Crippen LogP contribution in [0.4, 0.5) is 11.4 Å². The molecule has 0 saturated carbocycles. The van der Waals surface area contributed by atoms with Gasteiger partial charge in [0.05, 0.1) is 15.6 Å². The molecule has 0 spiro atoms. The van der Waals surface area contributed by atoms with Crippen LogP contribution in [0, 0.1) is 0 Å². The van der Waals surface area contributed by atoms with E-state index in [4.69, 9.17) is 17.3 Å². The number of carbonyl (C=O) groups is 1. The molecule has 2 rings (SSSR count). The maximum absolute atomic E-state index is 12.2. The van der Waals surface area contributed by atoms with Crippen molar-refractivity contribution in [3.8, 4) is 0 Å². The van der Waals surface area contributed by atoms with Gasteiger partial charge in [0.15, 0.2) is 5.78 Å². The van der Waals surface area contributed by atoms with Crippen molar-refractivity contribution in [2.75, 3.05) is 10.5 Å². The molecule has 2 aromatic carbocycles. The monoisotopic (exact) mass is 324 g/mol. The Morgan fingerprint density at radius 3 is 2.29 bits per heavy atom. The van der Waals surface area contributed by atoms with Gasteiger partial charge in [-0.3, -0.25) is 9.52 Å². The molecule has 0 aromatic heterocycles. The van der Waals surface area contributed by atoms with Gasteiger partial charge in [-0.1, -0.05) is 11.6 Å². The Bertz CT molecular complexity index is 786. The summed E-state index contributed by atoms with van der Waals surface area (Å²) in [7, 11) is -3.76. The molecule has 0 fully saturated rings. The molecular weight excluding hydrogens is 312 g/mol. The maximum Gasteiger partial charge on any atom is 0.261 e. The van der Waals surface area contributed by atoms with Gasteiger partial charge >= 0.3 is 0 Å². The second-order valence-electron chi connectivity index (χ2n) is 4.42. The Kier molecular flexibility index (Phi) is 4.20. The second-order valence-corrected chi connectivity index (χ2v) is 6.51. The number of hydrogen-bond donors (Lipinski definition) is 2. The quantitative estimate of drug-likeness (QED) is 0.668. The van der Waals surface area contributed by atoms with E-state index >= 15 is 0 Å². The van der Waals surface area contributed by atoms with Crippen LogP contribution in [0.5, 0.6) is 0 Å². The normalized spacial score (nSPS) is 11.1. The standard InChI is InChI=1S/C14H13ClN2O3S/c1-9(18)10-2-4-11(5-3-10)17-21(19,20)12-6-7-13(15)14(16)8-12/h2-8,17H,16H2,1H3. The summed E-state index contributed by atoms with van der Waals surface area (Å²) in [5.41, 5.74) is 6.65. The number of sulfonamides is 1. The zero-order valence-electron chi connectivity index (χ0n) is 11.1. The molecule has 0 heterocycles. The van der Waals surface area contributed by atoms with Crippen molar-refractivity contribution in [2.45, 2.75) is 11.8 Å². The smallest absolute Gasteiger partial charge is 0.261 e. The van der Waals surface area contributed by atoms with Crippen LogP contribution in [0.25, 0.3) is 0 Å². The van der Waals surface area contributed by atoms with E-state index in [2.05, 4.69) is 4.72 Å². The van der Waals surface area contributed by atoms with E-state index in [1.54, 1.807) is 12.1 Å². The van der Waals surface area contributed by atoms with Crippen molar-refractivity contribution in [2.24, 2.45) is 0 Å². The Hall–Kier alpha value is -2.05. The van der Waals surface area contributed by atoms with E-state index < -0.39 is 10.0 Å². The largest absolute Gasteiger partial charge is 0.397 e. The van der Waals surface area contributed by atoms with Crippen LogP contribution in [0.2, 0.25) is 5.02 Å². The molecule has 2 aromatic rings. The van der Waals surface area contributed by atoms with Crippen LogP contribution < -0.4 is 10.5 Å². The molecule has 0 radical (unpaired) electrons. The van der Waals surface area contributed by atoms with E-state index in [0.29, 0.717) is 16.3 Å². The molecule has 110 valence electrons. The molecule has 0 saturated heterocycles. The van der Waals surface area contributed by atoms with Crippen molar-refractivity contribution in [1.29, 1.82) is 0 Å². The molecule has 0 aliphatic heterocycles. The summed E-state index contributed by atoms with van der Waals surface area (Å²) in [6.07, 6.45) is 0. The van der Waals surface area contributed by atoms with Gasteiger partial charge in [0.2, 0.25) is 0 Å². The van der Waals surface area contributed by atoms with Crippen LogP contribution in [0.1, 0.15) is 17.3 Å². The molecule has 0 aliphatic rings. The first-order valence-corrected chi connectivity index (χ1v) is 7.84. The fourth-order valence-electron chi connectivity index (χ4n) is 1.68. The molecule has 5 nitrogen and oxygen atoms in total. The van der Waals surface area contributed by atoms with Crippen molar-refractivity contribution >= 4 is 38.8 Å². The summed E-state index contributed by atoms with van der Waals surface area (Å²) < 4.78 is 26.8. The third-order valence-corrected chi connectivity index (χ3v) is 4.54. The molecule has 0 atom stereocenters. The minimum atomic E-state index is -3.76. The first-order valence-electron chi connectivity index (χ1n) is 5.98. The van der Waals surface area contributed by atoms with Crippen LogP contribution >= 0.6 is 11.6 Å². The number of carbonyl (C=O) groups excluding carboxylic acids is 1. The molecule has 7 heteroatoms. The first kappa shape index (κ1) is 15.3. The number of nitrogens with one attached hydrogen (secondary N) is 1. The van der Waals surface area contributed by atoms with Crippen molar-refractivity contribution in [3.05, 3.63) is 53.1 Å². The first-order chi connectivity index (χ1) is 9.79. The lowest BCUT2D eigenvalue weighted by Gasteiger charge is -2.09. The third-order valence-electron chi connectivity index (χ3n) is 2.82. The van der Waals surface area contributed by atoms with Crippen LogP contribution in [0.15, 0.2) is 47.4 Å². The van der Waals surface area contributed by atoms with E-state index in [9.17, 15) is 13.2 Å². The van der Waals surface area contributed by atoms with Gasteiger partial charge in [0.1, 0.15) is 0 Å². The van der Waals surface area contributed by atoms with Gasteiger partial charge < -0.3 is 5.73 Å². The van der Waals surface area contributed by atoms with Gasteiger partial charge in [0, 0.05) is 11.3 Å². The number of rotatable bonds is 4. The maximum atomic E-state index is 12.2. The zero-order valence-corrected chi connectivity index (χ0v) is 12.7. The average molecular weight is 325 g/mol. The topological polar surface area (TPSA) is 89.3 Å². The van der Waals surface area contributed by atoms with Gasteiger partial charge in [-0.05, 0) is 49.4 Å². The highest BCUT2D eigenvalue weighted by Gasteiger charge is 2.15. The summed E-state index contributed by atoms with van der Waals surface area (Å²) >= 11 is 5.77. The molecule has 3 N–H and O–H groups in total. The van der Waals surface area contributed by atoms with Gasteiger partial charge in [0.25, 0.3) is 10.0 Å². The number of halogens is 1. The molecule has 0 unspecified atom stereocenters. The van der Waals surface area contributed by atoms with Crippen molar-refractivity contribution in [1.82, 2.24) is 0 Å². The number of ketones is 1. The highest BCUT2D eigenvalue weighted by Crippen LogP contribution is 2.24. The number of benzene rings is 2. The number of hydrogen-bond acceptors (Lipinski definition) is 4. The lowest BCUT2D eigenvalue weighted by atomic mass is 10.1. The lowest BCUT2D eigenvalue weighted by molar-refractivity contribution is 0.101. The van der Waals surface area contributed by atoms with E-state index in [-0.39, 0.29) is 16.4 Å². The fourth-order valence-corrected chi connectivity index (χ4v) is 2.89. The third kappa shape index (κ3) is 3.53. The predicted octanol–water partition coefficient (Wildman–Crippen LogP) is 2.93. The van der Waals surface area contributed by atoms with Gasteiger partial charge in [-0.15, -0.1) is 0 Å². The summed E-state index contributed by atoms with van der Waals surface area (Å²) in [6.45, 7) is 1.44. The lowest BCUT2D eigenvalue weighted by Crippen LogP contribution is -2.13. The van der Waals surface area contributed by atoms with E-state index in [1.807, 2.05) is 0 Å². The molecule has 0 aliphatic carbocycles. The van der Waals surface area contributed by atoms with E-state index in [0.717, 1.165) is 0 Å². The molecule has 0 amide bonds. The number of anilines is 2. The minimum absolute atomic E-state index is 0.0139. The summed E-state index contributed by atoms with van der Waals surface area (Å²) in [4.78, 5) is 11.2. The zero-order chi connectivity index (χ0) is 15.6. The van der Waals surface area contributed by atoms with Gasteiger partial charge in [-0.2, -0.15) is 0 Å². The summed E-state index contributed by atoms with van der Waals surface area (Å²) in [5, 5.41) is 0.291. The number of nitrogens with two attached hydrogens (primary N) is 1. The predicted molar refractivity (Wildman–Crippen MR) is 83.1 cm³/mol. The van der Waals surface area contributed by atoms with Crippen LogP contribution in [-0.2, 0) is 10.0 Å². The Morgan fingerprint density at radius 2 is 1.76 bits per heavy atom. The molecular formula is C14H13ClN2O3S. The molecule has 21 heavy (non-hydrogen) atoms. The Morgan fingerprint density at radius 1 is 1.14 bits per heavy atom. The Labute approximate surface area is 127 Å². The minimum Gasteiger partial charge on any atom is -0.397 e. The highest BCUT2D eigenvalue weighted by atomic mass is 35.5. The summed E-state index contributed by atoms with van der Waals surface area (Å²) in [5.74, 6) is -0.0881. The average Bonchev–Trinajstić information content (AvgIpc) is 2.42.